The van der Waals surface area contributed by atoms with Gasteiger partial charge in [-0.1, -0.05) is 13.8 Å². The molecule has 0 aliphatic heterocycles. The molecule has 1 atom stereocenters. The number of hydrogen-bond donors (Lipinski definition) is 0. The van der Waals surface area contributed by atoms with Gasteiger partial charge in [0.05, 0.1) is 0 Å². The Hall–Kier alpha value is 0.0969. The molecule has 0 aliphatic carbocycles. The third kappa shape index (κ3) is 6.30. The molecule has 0 heterocycles. The highest BCUT2D eigenvalue weighted by molar-refractivity contribution is 6.44. The molecule has 0 N–H and O–H groups in total. The van der Waals surface area contributed by atoms with Crippen molar-refractivity contribution in [1.29, 1.82) is 0 Å². The molecule has 0 fully saturated rings. The van der Waals surface area contributed by atoms with E-state index in [1.165, 1.54) is 0 Å². The maximum Gasteiger partial charge on any atom is 0.322 e. The molecule has 3 nitrogen and oxygen atoms in total. The zero-order valence-electron chi connectivity index (χ0n) is 11.0. The van der Waals surface area contributed by atoms with E-state index in [-0.39, 0.29) is 0 Å². The quantitative estimate of drug-likeness (QED) is 0.569. The van der Waals surface area contributed by atoms with Gasteiger partial charge in [-0.25, -0.2) is 0 Å². The lowest BCUT2D eigenvalue weighted by Crippen LogP contribution is -2.38. The third-order valence-corrected chi connectivity index (χ3v) is 5.15. The molecule has 0 radical (unpaired) electrons. The molecule has 15 heavy (non-hydrogen) atoms. The maximum absolute atomic E-state index is 5.68. The van der Waals surface area contributed by atoms with Crippen molar-refractivity contribution in [3.8, 4) is 0 Å². The van der Waals surface area contributed by atoms with E-state index in [4.69, 9.17) is 8.85 Å². The molecule has 0 saturated heterocycles. The summed E-state index contributed by atoms with van der Waals surface area (Å²) in [5, 5.41) is 0. The predicted molar refractivity (Wildman–Crippen MR) is 67.6 cm³/mol. The van der Waals surface area contributed by atoms with Crippen molar-refractivity contribution in [1.82, 2.24) is 4.90 Å². The highest BCUT2D eigenvalue weighted by Crippen LogP contribution is 2.09. The standard InChI is InChI=1S/C11H27NO2Si/c1-6-12(7-2)11(5)10-15(13-8-3)14-9-4/h11,15H,6-10H2,1-5H3. The number of rotatable bonds is 9. The topological polar surface area (TPSA) is 21.7 Å². The average Bonchev–Trinajstić information content (AvgIpc) is 2.20. The van der Waals surface area contributed by atoms with Crippen LogP contribution in [0.5, 0.6) is 0 Å². The van der Waals surface area contributed by atoms with Crippen LogP contribution in [0, 0.1) is 0 Å². The molecule has 0 aliphatic rings. The van der Waals surface area contributed by atoms with Gasteiger partial charge in [0.1, 0.15) is 0 Å². The summed E-state index contributed by atoms with van der Waals surface area (Å²) in [6.07, 6.45) is 0. The second-order valence-electron chi connectivity index (χ2n) is 3.65. The summed E-state index contributed by atoms with van der Waals surface area (Å²) in [5.74, 6) is 0. The minimum absolute atomic E-state index is 0.578. The van der Waals surface area contributed by atoms with Crippen molar-refractivity contribution < 1.29 is 8.85 Å². The van der Waals surface area contributed by atoms with Gasteiger partial charge in [0, 0.05) is 25.3 Å². The molecule has 0 aromatic rings. The van der Waals surface area contributed by atoms with Gasteiger partial charge >= 0.3 is 9.28 Å². The highest BCUT2D eigenvalue weighted by Gasteiger charge is 2.19. The van der Waals surface area contributed by atoms with Crippen LogP contribution in [-0.2, 0) is 8.85 Å². The SMILES string of the molecule is CCO[SiH](CC(C)N(CC)CC)OCC. The van der Waals surface area contributed by atoms with Crippen molar-refractivity contribution in [2.24, 2.45) is 0 Å². The fourth-order valence-electron chi connectivity index (χ4n) is 1.83. The van der Waals surface area contributed by atoms with Crippen molar-refractivity contribution in [3.05, 3.63) is 0 Å². The molecule has 0 spiro atoms. The molecule has 0 aromatic carbocycles. The van der Waals surface area contributed by atoms with Crippen LogP contribution < -0.4 is 0 Å². The fourth-order valence-corrected chi connectivity index (χ4v) is 3.80. The Morgan fingerprint density at radius 2 is 1.47 bits per heavy atom. The highest BCUT2D eigenvalue weighted by atomic mass is 28.3. The van der Waals surface area contributed by atoms with E-state index in [2.05, 4.69) is 25.7 Å². The first-order valence-corrected chi connectivity index (χ1v) is 7.92. The van der Waals surface area contributed by atoms with Crippen molar-refractivity contribution in [2.75, 3.05) is 26.3 Å². The summed E-state index contributed by atoms with van der Waals surface area (Å²) in [4.78, 5) is 2.46. The molecule has 4 heteroatoms. The molecular weight excluding hydrogens is 206 g/mol. The molecule has 0 saturated carbocycles. The van der Waals surface area contributed by atoms with Crippen LogP contribution in [0.15, 0.2) is 0 Å². The zero-order valence-corrected chi connectivity index (χ0v) is 12.1. The van der Waals surface area contributed by atoms with Crippen LogP contribution in [-0.4, -0.2) is 46.5 Å². The Balaban J connectivity index is 4.01. The summed E-state index contributed by atoms with van der Waals surface area (Å²) < 4.78 is 11.4. The summed E-state index contributed by atoms with van der Waals surface area (Å²) in [7, 11) is -1.42. The second kappa shape index (κ2) is 9.33. The maximum atomic E-state index is 5.68. The van der Waals surface area contributed by atoms with E-state index < -0.39 is 9.28 Å². The molecule has 0 rings (SSSR count). The molecule has 0 amide bonds. The van der Waals surface area contributed by atoms with Crippen molar-refractivity contribution in [2.45, 2.75) is 46.7 Å². The minimum Gasteiger partial charge on any atom is -0.397 e. The van der Waals surface area contributed by atoms with Crippen molar-refractivity contribution in [3.63, 3.8) is 0 Å². The van der Waals surface area contributed by atoms with E-state index >= 15 is 0 Å². The monoisotopic (exact) mass is 233 g/mol. The lowest BCUT2D eigenvalue weighted by atomic mass is 10.3. The largest absolute Gasteiger partial charge is 0.397 e. The zero-order chi connectivity index (χ0) is 11.7. The van der Waals surface area contributed by atoms with Crippen LogP contribution in [0.2, 0.25) is 6.04 Å². The smallest absolute Gasteiger partial charge is 0.322 e. The van der Waals surface area contributed by atoms with Gasteiger partial charge < -0.3 is 13.8 Å². The second-order valence-corrected chi connectivity index (χ2v) is 5.64. The first-order valence-electron chi connectivity index (χ1n) is 6.16. The molecule has 1 unspecified atom stereocenters. The van der Waals surface area contributed by atoms with Crippen LogP contribution in [0.1, 0.15) is 34.6 Å². The van der Waals surface area contributed by atoms with E-state index in [1.807, 2.05) is 13.8 Å². The average molecular weight is 233 g/mol. The van der Waals surface area contributed by atoms with E-state index in [1.54, 1.807) is 0 Å². The fraction of sp³-hybridized carbons (Fsp3) is 1.00. The summed E-state index contributed by atoms with van der Waals surface area (Å²) in [6.45, 7) is 14.5. The van der Waals surface area contributed by atoms with Gasteiger partial charge in [-0.15, -0.1) is 0 Å². The first-order chi connectivity index (χ1) is 7.19. The van der Waals surface area contributed by atoms with Gasteiger partial charge in [-0.2, -0.15) is 0 Å². The third-order valence-electron chi connectivity index (χ3n) is 2.67. The number of nitrogens with zero attached hydrogens (tertiary/aromatic N) is 1. The van der Waals surface area contributed by atoms with E-state index in [9.17, 15) is 0 Å². The van der Waals surface area contributed by atoms with Gasteiger partial charge in [0.2, 0.25) is 0 Å². The summed E-state index contributed by atoms with van der Waals surface area (Å²) in [6, 6.07) is 1.67. The molecule has 92 valence electrons. The van der Waals surface area contributed by atoms with Crippen LogP contribution in [0.4, 0.5) is 0 Å². The van der Waals surface area contributed by atoms with Crippen LogP contribution in [0.3, 0.4) is 0 Å². The summed E-state index contributed by atoms with van der Waals surface area (Å²) in [5.41, 5.74) is 0. The van der Waals surface area contributed by atoms with Gasteiger partial charge in [-0.05, 0) is 33.9 Å². The first kappa shape index (κ1) is 15.1. The lowest BCUT2D eigenvalue weighted by Gasteiger charge is -2.28. The Bertz CT molecular complexity index is 137. The van der Waals surface area contributed by atoms with E-state index in [0.29, 0.717) is 6.04 Å². The predicted octanol–water partition coefficient (Wildman–Crippen LogP) is 2.01. The Morgan fingerprint density at radius 3 is 1.80 bits per heavy atom. The van der Waals surface area contributed by atoms with Crippen LogP contribution >= 0.6 is 0 Å². The Labute approximate surface area is 96.6 Å². The molecular formula is C11H27NO2Si. The van der Waals surface area contributed by atoms with Gasteiger partial charge in [0.25, 0.3) is 0 Å². The molecule has 0 bridgehead atoms. The van der Waals surface area contributed by atoms with Crippen molar-refractivity contribution >= 4 is 9.28 Å². The lowest BCUT2D eigenvalue weighted by molar-refractivity contribution is 0.188. The Morgan fingerprint density at radius 1 is 1.00 bits per heavy atom. The molecule has 0 aromatic heterocycles. The Kier molecular flexibility index (Phi) is 9.39. The van der Waals surface area contributed by atoms with Gasteiger partial charge in [-0.3, -0.25) is 0 Å². The minimum atomic E-state index is -1.42. The number of hydrogen-bond acceptors (Lipinski definition) is 3. The summed E-state index contributed by atoms with van der Waals surface area (Å²) >= 11 is 0. The van der Waals surface area contributed by atoms with Gasteiger partial charge in [0.15, 0.2) is 0 Å². The van der Waals surface area contributed by atoms with Crippen LogP contribution in [0.25, 0.3) is 0 Å². The van der Waals surface area contributed by atoms with E-state index in [0.717, 1.165) is 32.3 Å². The normalized spacial score (nSPS) is 13.8.